The number of aromatic nitrogens is 3. The minimum absolute atomic E-state index is 0.783. The van der Waals surface area contributed by atoms with Gasteiger partial charge in [-0.1, -0.05) is 6.07 Å². The molecule has 1 saturated heterocycles. The van der Waals surface area contributed by atoms with Crippen LogP contribution >= 0.6 is 0 Å². The standard InChI is InChI=1S/C19H30N6O/c1-20-19(24(2)13-8-16-9-14-26-15-10-16)21-11-5-7-18-23-22-17-6-3-4-12-25(17)18/h3-4,6,12,16H,5,7-11,13-15H2,1-2H3,(H,20,21). The molecule has 2 aromatic heterocycles. The molecule has 0 aliphatic carbocycles. The Morgan fingerprint density at radius 2 is 2.19 bits per heavy atom. The summed E-state index contributed by atoms with van der Waals surface area (Å²) in [6, 6.07) is 5.97. The van der Waals surface area contributed by atoms with Gasteiger partial charge in [-0.15, -0.1) is 10.2 Å². The average molecular weight is 358 g/mol. The van der Waals surface area contributed by atoms with Crippen LogP contribution in [-0.2, 0) is 11.2 Å². The minimum atomic E-state index is 0.783. The molecule has 142 valence electrons. The Bertz CT molecular complexity index is 707. The van der Waals surface area contributed by atoms with Crippen LogP contribution in [0.5, 0.6) is 0 Å². The number of guanidine groups is 1. The molecule has 7 heteroatoms. The number of aliphatic imine (C=N–C) groups is 1. The van der Waals surface area contributed by atoms with E-state index >= 15 is 0 Å². The van der Waals surface area contributed by atoms with Crippen LogP contribution in [0.2, 0.25) is 0 Å². The largest absolute Gasteiger partial charge is 0.381 e. The fourth-order valence-corrected chi connectivity index (χ4v) is 3.41. The number of rotatable bonds is 7. The maximum atomic E-state index is 5.44. The van der Waals surface area contributed by atoms with Crippen LogP contribution < -0.4 is 5.32 Å². The second-order valence-corrected chi connectivity index (χ2v) is 6.89. The lowest BCUT2D eigenvalue weighted by Gasteiger charge is -2.26. The smallest absolute Gasteiger partial charge is 0.193 e. The second-order valence-electron chi connectivity index (χ2n) is 6.89. The van der Waals surface area contributed by atoms with Gasteiger partial charge in [0.2, 0.25) is 0 Å². The molecule has 0 amide bonds. The topological polar surface area (TPSA) is 67.0 Å². The Kier molecular flexibility index (Phi) is 6.82. The molecule has 0 bridgehead atoms. The van der Waals surface area contributed by atoms with E-state index in [-0.39, 0.29) is 0 Å². The van der Waals surface area contributed by atoms with Gasteiger partial charge in [0.15, 0.2) is 11.6 Å². The van der Waals surface area contributed by atoms with Gasteiger partial charge in [-0.25, -0.2) is 0 Å². The van der Waals surface area contributed by atoms with E-state index in [1.165, 1.54) is 19.3 Å². The molecule has 0 aromatic carbocycles. The SMILES string of the molecule is CN=C(NCCCc1nnc2ccccn12)N(C)CCC1CCOCC1. The number of ether oxygens (including phenoxy) is 1. The lowest BCUT2D eigenvalue weighted by molar-refractivity contribution is 0.0625. The summed E-state index contributed by atoms with van der Waals surface area (Å²) in [5, 5.41) is 11.9. The first kappa shape index (κ1) is 18.6. The molecule has 0 spiro atoms. The molecule has 3 heterocycles. The Labute approximate surface area is 155 Å². The quantitative estimate of drug-likeness (QED) is 0.466. The highest BCUT2D eigenvalue weighted by Crippen LogP contribution is 2.18. The summed E-state index contributed by atoms with van der Waals surface area (Å²) >= 11 is 0. The Morgan fingerprint density at radius 3 is 3.00 bits per heavy atom. The molecular weight excluding hydrogens is 328 g/mol. The number of nitrogens with zero attached hydrogens (tertiary/aromatic N) is 5. The number of aryl methyl sites for hydroxylation is 1. The highest BCUT2D eigenvalue weighted by molar-refractivity contribution is 5.79. The van der Waals surface area contributed by atoms with Crippen molar-refractivity contribution in [1.82, 2.24) is 24.8 Å². The van der Waals surface area contributed by atoms with E-state index in [0.717, 1.165) is 62.5 Å². The number of nitrogens with one attached hydrogen (secondary N) is 1. The summed E-state index contributed by atoms with van der Waals surface area (Å²) in [7, 11) is 3.96. The molecule has 0 saturated carbocycles. The van der Waals surface area contributed by atoms with Gasteiger partial charge in [0, 0.05) is 53.0 Å². The predicted molar refractivity (Wildman–Crippen MR) is 103 cm³/mol. The van der Waals surface area contributed by atoms with Crippen LogP contribution in [-0.4, -0.2) is 65.9 Å². The van der Waals surface area contributed by atoms with Crippen LogP contribution in [0.1, 0.15) is 31.5 Å². The second kappa shape index (κ2) is 9.52. The van der Waals surface area contributed by atoms with Crippen molar-refractivity contribution in [3.05, 3.63) is 30.2 Å². The summed E-state index contributed by atoms with van der Waals surface area (Å²) in [5.74, 6) is 2.75. The first-order valence-electron chi connectivity index (χ1n) is 9.56. The number of hydrogen-bond donors (Lipinski definition) is 1. The molecule has 1 fully saturated rings. The zero-order chi connectivity index (χ0) is 18.2. The number of pyridine rings is 1. The van der Waals surface area contributed by atoms with Crippen molar-refractivity contribution in [1.29, 1.82) is 0 Å². The van der Waals surface area contributed by atoms with Gasteiger partial charge in [0.05, 0.1) is 0 Å². The van der Waals surface area contributed by atoms with Gasteiger partial charge in [0.1, 0.15) is 5.82 Å². The summed E-state index contributed by atoms with van der Waals surface area (Å²) in [5.41, 5.74) is 0.902. The predicted octanol–water partition coefficient (Wildman–Crippen LogP) is 1.99. The van der Waals surface area contributed by atoms with Crippen LogP contribution in [0.25, 0.3) is 5.65 Å². The first-order valence-corrected chi connectivity index (χ1v) is 9.56. The van der Waals surface area contributed by atoms with Crippen molar-refractivity contribution in [2.45, 2.75) is 32.1 Å². The maximum absolute atomic E-state index is 5.44. The van der Waals surface area contributed by atoms with Crippen LogP contribution in [0.15, 0.2) is 29.4 Å². The van der Waals surface area contributed by atoms with Crippen molar-refractivity contribution >= 4 is 11.6 Å². The number of fused-ring (bicyclic) bond motifs is 1. The van der Waals surface area contributed by atoms with E-state index < -0.39 is 0 Å². The van der Waals surface area contributed by atoms with E-state index in [0.29, 0.717) is 0 Å². The van der Waals surface area contributed by atoms with E-state index in [9.17, 15) is 0 Å². The van der Waals surface area contributed by atoms with Gasteiger partial charge in [-0.05, 0) is 43.7 Å². The summed E-state index contributed by atoms with van der Waals surface area (Å²) in [6.07, 6.45) is 7.47. The van der Waals surface area contributed by atoms with E-state index in [1.54, 1.807) is 0 Å². The zero-order valence-electron chi connectivity index (χ0n) is 15.9. The summed E-state index contributed by atoms with van der Waals surface area (Å²) in [4.78, 5) is 6.63. The molecule has 7 nitrogen and oxygen atoms in total. The molecule has 0 unspecified atom stereocenters. The van der Waals surface area contributed by atoms with Crippen molar-refractivity contribution in [2.24, 2.45) is 10.9 Å². The van der Waals surface area contributed by atoms with E-state index in [4.69, 9.17) is 4.74 Å². The van der Waals surface area contributed by atoms with Crippen LogP contribution in [0, 0.1) is 5.92 Å². The fraction of sp³-hybridized carbons (Fsp3) is 0.632. The highest BCUT2D eigenvalue weighted by atomic mass is 16.5. The van der Waals surface area contributed by atoms with E-state index in [2.05, 4.69) is 36.9 Å². The Balaban J connectivity index is 1.39. The molecule has 1 N–H and O–H groups in total. The van der Waals surface area contributed by atoms with E-state index in [1.807, 2.05) is 31.4 Å². The average Bonchev–Trinajstić information content (AvgIpc) is 3.10. The van der Waals surface area contributed by atoms with Crippen molar-refractivity contribution in [2.75, 3.05) is 40.4 Å². The zero-order valence-corrected chi connectivity index (χ0v) is 15.9. The normalized spacial score (nSPS) is 16.2. The Hall–Kier alpha value is -2.15. The fourth-order valence-electron chi connectivity index (χ4n) is 3.41. The Morgan fingerprint density at radius 1 is 1.35 bits per heavy atom. The molecule has 1 aliphatic heterocycles. The third kappa shape index (κ3) is 4.94. The van der Waals surface area contributed by atoms with Crippen molar-refractivity contribution in [3.8, 4) is 0 Å². The first-order chi connectivity index (χ1) is 12.8. The van der Waals surface area contributed by atoms with Gasteiger partial charge < -0.3 is 15.0 Å². The molecule has 3 rings (SSSR count). The summed E-state index contributed by atoms with van der Waals surface area (Å²) < 4.78 is 7.49. The monoisotopic (exact) mass is 358 g/mol. The van der Waals surface area contributed by atoms with Crippen LogP contribution in [0.3, 0.4) is 0 Å². The minimum Gasteiger partial charge on any atom is -0.381 e. The van der Waals surface area contributed by atoms with Gasteiger partial charge in [0.25, 0.3) is 0 Å². The van der Waals surface area contributed by atoms with Crippen molar-refractivity contribution < 1.29 is 4.74 Å². The van der Waals surface area contributed by atoms with Gasteiger partial charge in [-0.3, -0.25) is 9.39 Å². The lowest BCUT2D eigenvalue weighted by atomic mass is 9.96. The lowest BCUT2D eigenvalue weighted by Crippen LogP contribution is -2.40. The van der Waals surface area contributed by atoms with Crippen molar-refractivity contribution in [3.63, 3.8) is 0 Å². The molecule has 1 aliphatic rings. The molecule has 0 radical (unpaired) electrons. The highest BCUT2D eigenvalue weighted by Gasteiger charge is 2.15. The molecule has 26 heavy (non-hydrogen) atoms. The molecule has 0 atom stereocenters. The van der Waals surface area contributed by atoms with Gasteiger partial charge >= 0.3 is 0 Å². The molecular formula is C19H30N6O. The third-order valence-electron chi connectivity index (χ3n) is 5.03. The maximum Gasteiger partial charge on any atom is 0.193 e. The van der Waals surface area contributed by atoms with Crippen LogP contribution in [0.4, 0.5) is 0 Å². The number of hydrogen-bond acceptors (Lipinski definition) is 4. The molecule has 2 aromatic rings. The third-order valence-corrected chi connectivity index (χ3v) is 5.03. The van der Waals surface area contributed by atoms with Gasteiger partial charge in [-0.2, -0.15) is 0 Å². The summed E-state index contributed by atoms with van der Waals surface area (Å²) in [6.45, 7) is 3.73.